The van der Waals surface area contributed by atoms with E-state index in [0.29, 0.717) is 5.56 Å². The van der Waals surface area contributed by atoms with Gasteiger partial charge in [0, 0.05) is 10.5 Å². The summed E-state index contributed by atoms with van der Waals surface area (Å²) in [7, 11) is 0. The highest BCUT2D eigenvalue weighted by Gasteiger charge is 2.24. The van der Waals surface area contributed by atoms with Gasteiger partial charge in [-0.05, 0) is 59.8 Å². The van der Waals surface area contributed by atoms with Crippen LogP contribution in [-0.4, -0.2) is 23.8 Å². The van der Waals surface area contributed by atoms with Gasteiger partial charge < -0.3 is 10.4 Å². The van der Waals surface area contributed by atoms with Crippen molar-refractivity contribution in [2.45, 2.75) is 17.4 Å². The molecular weight excluding hydrogens is 290 g/mol. The van der Waals surface area contributed by atoms with E-state index in [1.54, 1.807) is 30.8 Å². The molecule has 1 aromatic heterocycles. The summed E-state index contributed by atoms with van der Waals surface area (Å²) in [5.74, 6) is -0.173. The van der Waals surface area contributed by atoms with E-state index in [4.69, 9.17) is 0 Å². The van der Waals surface area contributed by atoms with Crippen molar-refractivity contribution >= 4 is 29.0 Å². The third-order valence-corrected chi connectivity index (χ3v) is 4.52. The topological polar surface area (TPSA) is 49.3 Å². The summed E-state index contributed by atoms with van der Waals surface area (Å²) in [4.78, 5) is 13.2. The first-order valence-corrected chi connectivity index (χ1v) is 8.37. The van der Waals surface area contributed by atoms with E-state index < -0.39 is 5.60 Å². The van der Waals surface area contributed by atoms with Gasteiger partial charge in [-0.2, -0.15) is 11.3 Å². The van der Waals surface area contributed by atoms with Gasteiger partial charge in [0.15, 0.2) is 0 Å². The summed E-state index contributed by atoms with van der Waals surface area (Å²) in [6.45, 7) is 1.89. The molecule has 0 aliphatic carbocycles. The molecule has 1 atom stereocenters. The molecule has 0 saturated carbocycles. The zero-order chi connectivity index (χ0) is 14.6. The molecule has 1 heterocycles. The van der Waals surface area contributed by atoms with Crippen molar-refractivity contribution in [3.8, 4) is 0 Å². The second-order valence-electron chi connectivity index (χ2n) is 4.70. The Kier molecular flexibility index (Phi) is 4.86. The number of aliphatic hydroxyl groups is 1. The number of carbonyl (C=O) groups excluding carboxylic acids is 1. The first kappa shape index (κ1) is 15.1. The van der Waals surface area contributed by atoms with Gasteiger partial charge in [-0.25, -0.2) is 0 Å². The van der Waals surface area contributed by atoms with Crippen LogP contribution in [0, 0.1) is 0 Å². The second-order valence-corrected chi connectivity index (χ2v) is 6.36. The van der Waals surface area contributed by atoms with Crippen molar-refractivity contribution in [3.63, 3.8) is 0 Å². The fraction of sp³-hybridized carbons (Fsp3) is 0.267. The number of carbonyl (C=O) groups is 1. The normalized spacial score (nSPS) is 13.8. The largest absolute Gasteiger partial charge is 0.384 e. The molecule has 1 aromatic carbocycles. The monoisotopic (exact) mass is 307 g/mol. The minimum Gasteiger partial charge on any atom is -0.384 e. The van der Waals surface area contributed by atoms with Gasteiger partial charge in [0.05, 0.1) is 6.54 Å². The van der Waals surface area contributed by atoms with Crippen LogP contribution in [0.25, 0.3) is 0 Å². The third-order valence-electron chi connectivity index (χ3n) is 3.09. The number of thioether (sulfide) groups is 1. The molecule has 3 nitrogen and oxygen atoms in total. The van der Waals surface area contributed by atoms with Crippen LogP contribution in [-0.2, 0) is 5.60 Å². The molecule has 0 radical (unpaired) electrons. The summed E-state index contributed by atoms with van der Waals surface area (Å²) in [5.41, 5.74) is 0.374. The van der Waals surface area contributed by atoms with Crippen molar-refractivity contribution < 1.29 is 9.90 Å². The molecular formula is C15H17NO2S2. The standard InChI is InChI=1S/C15H17NO2S2/c1-15(18,12-7-8-20-9-12)10-16-14(17)11-3-5-13(19-2)6-4-11/h3-9,18H,10H2,1-2H3,(H,16,17). The van der Waals surface area contributed by atoms with Gasteiger partial charge >= 0.3 is 0 Å². The number of hydrogen-bond donors (Lipinski definition) is 2. The van der Waals surface area contributed by atoms with Gasteiger partial charge in [-0.1, -0.05) is 0 Å². The minimum absolute atomic E-state index is 0.173. The summed E-state index contributed by atoms with van der Waals surface area (Å²) in [5, 5.41) is 16.9. The molecule has 1 amide bonds. The molecule has 2 rings (SSSR count). The smallest absolute Gasteiger partial charge is 0.251 e. The van der Waals surface area contributed by atoms with Crippen molar-refractivity contribution in [3.05, 3.63) is 52.2 Å². The van der Waals surface area contributed by atoms with E-state index in [9.17, 15) is 9.90 Å². The average molecular weight is 307 g/mol. The highest BCUT2D eigenvalue weighted by molar-refractivity contribution is 7.98. The third kappa shape index (κ3) is 3.62. The molecule has 5 heteroatoms. The molecule has 0 fully saturated rings. The maximum absolute atomic E-state index is 12.0. The predicted octanol–water partition coefficient (Wildman–Crippen LogP) is 3.11. The van der Waals surface area contributed by atoms with Gasteiger partial charge in [0.1, 0.15) is 5.60 Å². The Morgan fingerprint density at radius 1 is 1.35 bits per heavy atom. The zero-order valence-electron chi connectivity index (χ0n) is 11.4. The number of hydrogen-bond acceptors (Lipinski definition) is 4. The van der Waals surface area contributed by atoms with Gasteiger partial charge in [-0.15, -0.1) is 11.8 Å². The number of benzene rings is 1. The lowest BCUT2D eigenvalue weighted by Gasteiger charge is -2.22. The SMILES string of the molecule is CSc1ccc(C(=O)NCC(C)(O)c2ccsc2)cc1. The lowest BCUT2D eigenvalue weighted by molar-refractivity contribution is 0.0530. The fourth-order valence-corrected chi connectivity index (χ4v) is 2.96. The molecule has 2 aromatic rings. The quantitative estimate of drug-likeness (QED) is 0.835. The van der Waals surface area contributed by atoms with Gasteiger partial charge in [0.25, 0.3) is 5.91 Å². The van der Waals surface area contributed by atoms with Crippen LogP contribution in [0.2, 0.25) is 0 Å². The molecule has 0 spiro atoms. The van der Waals surface area contributed by atoms with Crippen molar-refractivity contribution in [1.82, 2.24) is 5.32 Å². The second kappa shape index (κ2) is 6.43. The van der Waals surface area contributed by atoms with Crippen molar-refractivity contribution in [2.75, 3.05) is 12.8 Å². The first-order chi connectivity index (χ1) is 9.53. The van der Waals surface area contributed by atoms with E-state index in [1.807, 2.05) is 35.2 Å². The van der Waals surface area contributed by atoms with E-state index in [2.05, 4.69) is 5.32 Å². The van der Waals surface area contributed by atoms with Crippen LogP contribution in [0.3, 0.4) is 0 Å². The molecule has 1 unspecified atom stereocenters. The molecule has 0 aliphatic rings. The summed E-state index contributed by atoms with van der Waals surface area (Å²) in [6, 6.07) is 9.28. The summed E-state index contributed by atoms with van der Waals surface area (Å²) < 4.78 is 0. The van der Waals surface area contributed by atoms with E-state index in [1.165, 1.54) is 11.3 Å². The van der Waals surface area contributed by atoms with Gasteiger partial charge in [0.2, 0.25) is 0 Å². The Labute approximate surface area is 127 Å². The van der Waals surface area contributed by atoms with Crippen LogP contribution in [0.4, 0.5) is 0 Å². The Bertz CT molecular complexity index is 562. The lowest BCUT2D eigenvalue weighted by Crippen LogP contribution is -2.38. The Hall–Kier alpha value is -1.30. The number of amides is 1. The van der Waals surface area contributed by atoms with Crippen LogP contribution in [0.15, 0.2) is 46.0 Å². The highest BCUT2D eigenvalue weighted by Crippen LogP contribution is 2.22. The van der Waals surface area contributed by atoms with Gasteiger partial charge in [-0.3, -0.25) is 4.79 Å². The summed E-state index contributed by atoms with van der Waals surface area (Å²) in [6.07, 6.45) is 1.99. The van der Waals surface area contributed by atoms with Crippen LogP contribution in [0.5, 0.6) is 0 Å². The first-order valence-electron chi connectivity index (χ1n) is 6.20. The Morgan fingerprint density at radius 3 is 2.60 bits per heavy atom. The molecule has 0 bridgehead atoms. The molecule has 106 valence electrons. The molecule has 20 heavy (non-hydrogen) atoms. The molecule has 2 N–H and O–H groups in total. The maximum Gasteiger partial charge on any atom is 0.251 e. The maximum atomic E-state index is 12.0. The van der Waals surface area contributed by atoms with Crippen molar-refractivity contribution in [1.29, 1.82) is 0 Å². The highest BCUT2D eigenvalue weighted by atomic mass is 32.2. The predicted molar refractivity (Wildman–Crippen MR) is 84.4 cm³/mol. The zero-order valence-corrected chi connectivity index (χ0v) is 13.1. The molecule has 0 saturated heterocycles. The van der Waals surface area contributed by atoms with E-state index >= 15 is 0 Å². The Morgan fingerprint density at radius 2 is 2.05 bits per heavy atom. The van der Waals surface area contributed by atoms with Crippen LogP contribution in [0.1, 0.15) is 22.8 Å². The molecule has 0 aliphatic heterocycles. The van der Waals surface area contributed by atoms with Crippen LogP contribution < -0.4 is 5.32 Å². The fourth-order valence-electron chi connectivity index (χ4n) is 1.77. The van der Waals surface area contributed by atoms with E-state index in [-0.39, 0.29) is 12.5 Å². The number of rotatable bonds is 5. The summed E-state index contributed by atoms with van der Waals surface area (Å²) >= 11 is 3.16. The number of thiophene rings is 1. The number of nitrogens with one attached hydrogen (secondary N) is 1. The minimum atomic E-state index is -1.05. The van der Waals surface area contributed by atoms with Crippen LogP contribution >= 0.6 is 23.1 Å². The van der Waals surface area contributed by atoms with Crippen molar-refractivity contribution in [2.24, 2.45) is 0 Å². The lowest BCUT2D eigenvalue weighted by atomic mass is 9.99. The van der Waals surface area contributed by atoms with E-state index in [0.717, 1.165) is 10.5 Å². The Balaban J connectivity index is 1.98. The average Bonchev–Trinajstić information content (AvgIpc) is 3.00.